The van der Waals surface area contributed by atoms with Gasteiger partial charge in [-0.05, 0) is 24.1 Å². The van der Waals surface area contributed by atoms with Crippen molar-refractivity contribution in [3.05, 3.63) is 42.1 Å². The Morgan fingerprint density at radius 1 is 1.28 bits per heavy atom. The predicted octanol–water partition coefficient (Wildman–Crippen LogP) is 2.16. The number of hydrogen-bond acceptors (Lipinski definition) is 3. The van der Waals surface area contributed by atoms with Crippen molar-refractivity contribution in [2.45, 2.75) is 24.8 Å². The molecule has 0 aliphatic heterocycles. The van der Waals surface area contributed by atoms with Crippen LogP contribution in [0.25, 0.3) is 0 Å². The Kier molecular flexibility index (Phi) is 3.66. The largest absolute Gasteiger partial charge is 0.278 e. The van der Waals surface area contributed by atoms with Crippen molar-refractivity contribution in [2.75, 3.05) is 4.72 Å². The lowest BCUT2D eigenvalue weighted by Crippen LogP contribution is -2.14. The highest BCUT2D eigenvalue weighted by molar-refractivity contribution is 7.92. The molecule has 0 aliphatic rings. The Morgan fingerprint density at radius 3 is 2.72 bits per heavy atom. The highest BCUT2D eigenvalue weighted by Crippen LogP contribution is 2.20. The van der Waals surface area contributed by atoms with Crippen LogP contribution in [-0.2, 0) is 16.4 Å². The molecule has 0 unspecified atom stereocenters. The Bertz CT molecular complexity index is 606. The summed E-state index contributed by atoms with van der Waals surface area (Å²) in [5.74, 6) is 0. The summed E-state index contributed by atoms with van der Waals surface area (Å²) < 4.78 is 26.6. The first-order valence-electron chi connectivity index (χ1n) is 5.73. The van der Waals surface area contributed by atoms with Crippen molar-refractivity contribution in [1.82, 2.24) is 10.2 Å². The predicted molar refractivity (Wildman–Crippen MR) is 69.8 cm³/mol. The number of aromatic amines is 1. The van der Waals surface area contributed by atoms with Gasteiger partial charge in [0.05, 0.1) is 11.9 Å². The number of aryl methyl sites for hydroxylation is 1. The number of H-pyrrole nitrogens is 1. The van der Waals surface area contributed by atoms with E-state index in [2.05, 4.69) is 21.8 Å². The minimum Gasteiger partial charge on any atom is -0.278 e. The molecule has 2 aromatic rings. The van der Waals surface area contributed by atoms with E-state index in [-0.39, 0.29) is 5.03 Å². The van der Waals surface area contributed by atoms with Crippen LogP contribution in [0.4, 0.5) is 5.69 Å². The quantitative estimate of drug-likeness (QED) is 0.870. The van der Waals surface area contributed by atoms with Gasteiger partial charge in [-0.15, -0.1) is 0 Å². The van der Waals surface area contributed by atoms with E-state index in [1.165, 1.54) is 12.3 Å². The molecule has 0 atom stereocenters. The third kappa shape index (κ3) is 2.70. The van der Waals surface area contributed by atoms with E-state index < -0.39 is 10.0 Å². The molecule has 2 N–H and O–H groups in total. The number of benzene rings is 1. The van der Waals surface area contributed by atoms with Gasteiger partial charge in [0.25, 0.3) is 10.0 Å². The molecule has 0 aliphatic carbocycles. The summed E-state index contributed by atoms with van der Waals surface area (Å²) in [6.45, 7) is 2.06. The molecule has 0 bridgehead atoms. The molecule has 5 nitrogen and oxygen atoms in total. The van der Waals surface area contributed by atoms with Gasteiger partial charge in [0.15, 0.2) is 5.03 Å². The van der Waals surface area contributed by atoms with Gasteiger partial charge < -0.3 is 0 Å². The first-order valence-corrected chi connectivity index (χ1v) is 7.22. The number of nitrogens with zero attached hydrogens (tertiary/aromatic N) is 1. The zero-order valence-electron chi connectivity index (χ0n) is 10.1. The fourth-order valence-electron chi connectivity index (χ4n) is 1.70. The van der Waals surface area contributed by atoms with Crippen LogP contribution >= 0.6 is 0 Å². The molecular formula is C12H15N3O2S. The normalized spacial score (nSPS) is 11.4. The van der Waals surface area contributed by atoms with Crippen LogP contribution in [0.3, 0.4) is 0 Å². The highest BCUT2D eigenvalue weighted by Gasteiger charge is 2.16. The van der Waals surface area contributed by atoms with E-state index in [1.54, 1.807) is 6.07 Å². The lowest BCUT2D eigenvalue weighted by atomic mass is 10.1. The molecule has 0 saturated carbocycles. The summed E-state index contributed by atoms with van der Waals surface area (Å²) in [6.07, 6.45) is 3.21. The molecule has 1 heterocycles. The first-order chi connectivity index (χ1) is 8.63. The Balaban J connectivity index is 2.29. The molecule has 1 aromatic carbocycles. The molecule has 96 valence electrons. The zero-order valence-corrected chi connectivity index (χ0v) is 10.9. The highest BCUT2D eigenvalue weighted by atomic mass is 32.2. The summed E-state index contributed by atoms with van der Waals surface area (Å²) in [5.41, 5.74) is 1.61. The van der Waals surface area contributed by atoms with Crippen LogP contribution in [-0.4, -0.2) is 18.6 Å². The second-order valence-electron chi connectivity index (χ2n) is 3.93. The van der Waals surface area contributed by atoms with E-state index >= 15 is 0 Å². The maximum absolute atomic E-state index is 12.0. The number of nitrogens with one attached hydrogen (secondary N) is 2. The van der Waals surface area contributed by atoms with Gasteiger partial charge in [-0.3, -0.25) is 9.82 Å². The standard InChI is InChI=1S/C12H15N3O2S/c1-2-5-10-6-3-4-7-11(10)15-18(16,17)12-8-9-13-14-12/h3-4,6-9,15H,2,5H2,1H3,(H,13,14). The Hall–Kier alpha value is -1.82. The van der Waals surface area contributed by atoms with Crippen LogP contribution in [0.15, 0.2) is 41.6 Å². The van der Waals surface area contributed by atoms with Crippen LogP contribution in [0.1, 0.15) is 18.9 Å². The summed E-state index contributed by atoms with van der Waals surface area (Å²) >= 11 is 0. The van der Waals surface area contributed by atoms with Gasteiger partial charge in [-0.25, -0.2) is 0 Å². The fraction of sp³-hybridized carbons (Fsp3) is 0.250. The number of rotatable bonds is 5. The molecule has 0 saturated heterocycles. The van der Waals surface area contributed by atoms with Crippen LogP contribution in [0, 0.1) is 0 Å². The average Bonchev–Trinajstić information content (AvgIpc) is 2.86. The number of para-hydroxylation sites is 1. The number of hydrogen-bond donors (Lipinski definition) is 2. The summed E-state index contributed by atoms with van der Waals surface area (Å²) in [5, 5.41) is 6.16. The third-order valence-electron chi connectivity index (χ3n) is 2.55. The lowest BCUT2D eigenvalue weighted by molar-refractivity contribution is 0.597. The molecule has 0 fully saturated rings. The topological polar surface area (TPSA) is 74.8 Å². The second-order valence-corrected chi connectivity index (χ2v) is 5.58. The van der Waals surface area contributed by atoms with E-state index in [4.69, 9.17) is 0 Å². The third-order valence-corrected chi connectivity index (χ3v) is 3.84. The van der Waals surface area contributed by atoms with Crippen molar-refractivity contribution in [3.63, 3.8) is 0 Å². The minimum atomic E-state index is -3.58. The zero-order chi connectivity index (χ0) is 13.0. The SMILES string of the molecule is CCCc1ccccc1NS(=O)(=O)c1ccn[nH]1. The summed E-state index contributed by atoms with van der Waals surface area (Å²) in [6, 6.07) is 8.82. The van der Waals surface area contributed by atoms with Crippen LogP contribution in [0.5, 0.6) is 0 Å². The van der Waals surface area contributed by atoms with Crippen molar-refractivity contribution < 1.29 is 8.42 Å². The number of anilines is 1. The van der Waals surface area contributed by atoms with Crippen molar-refractivity contribution >= 4 is 15.7 Å². The van der Waals surface area contributed by atoms with E-state index in [0.29, 0.717) is 5.69 Å². The van der Waals surface area contributed by atoms with E-state index in [1.807, 2.05) is 18.2 Å². The lowest BCUT2D eigenvalue weighted by Gasteiger charge is -2.10. The van der Waals surface area contributed by atoms with Gasteiger partial charge in [0.2, 0.25) is 0 Å². The number of aromatic nitrogens is 2. The Labute approximate surface area is 106 Å². The molecule has 0 radical (unpaired) electrons. The summed E-state index contributed by atoms with van der Waals surface area (Å²) in [4.78, 5) is 0. The van der Waals surface area contributed by atoms with Gasteiger partial charge in [0, 0.05) is 0 Å². The van der Waals surface area contributed by atoms with Gasteiger partial charge in [-0.1, -0.05) is 31.5 Å². The average molecular weight is 265 g/mol. The molecule has 18 heavy (non-hydrogen) atoms. The van der Waals surface area contributed by atoms with E-state index in [0.717, 1.165) is 18.4 Å². The van der Waals surface area contributed by atoms with Crippen LogP contribution in [0.2, 0.25) is 0 Å². The van der Waals surface area contributed by atoms with E-state index in [9.17, 15) is 8.42 Å². The second kappa shape index (κ2) is 5.22. The van der Waals surface area contributed by atoms with Gasteiger partial charge in [-0.2, -0.15) is 13.5 Å². The molecular weight excluding hydrogens is 250 g/mol. The van der Waals surface area contributed by atoms with Crippen molar-refractivity contribution in [1.29, 1.82) is 0 Å². The fourth-order valence-corrected chi connectivity index (χ4v) is 2.71. The van der Waals surface area contributed by atoms with Crippen molar-refractivity contribution in [2.24, 2.45) is 0 Å². The van der Waals surface area contributed by atoms with Crippen molar-refractivity contribution in [3.8, 4) is 0 Å². The molecule has 0 amide bonds. The summed E-state index contributed by atoms with van der Waals surface area (Å²) in [7, 11) is -3.58. The molecule has 0 spiro atoms. The van der Waals surface area contributed by atoms with Gasteiger partial charge >= 0.3 is 0 Å². The van der Waals surface area contributed by atoms with Crippen LogP contribution < -0.4 is 4.72 Å². The molecule has 2 rings (SSSR count). The smallest absolute Gasteiger partial charge is 0.278 e. The monoisotopic (exact) mass is 265 g/mol. The Morgan fingerprint density at radius 2 is 2.06 bits per heavy atom. The maximum Gasteiger partial charge on any atom is 0.278 e. The molecule has 6 heteroatoms. The maximum atomic E-state index is 12.0. The molecule has 1 aromatic heterocycles. The van der Waals surface area contributed by atoms with Gasteiger partial charge in [0.1, 0.15) is 0 Å². The minimum absolute atomic E-state index is 0.0637. The number of sulfonamides is 1. The first kappa shape index (κ1) is 12.6.